The van der Waals surface area contributed by atoms with E-state index in [0.29, 0.717) is 18.8 Å². The first-order valence-corrected chi connectivity index (χ1v) is 13.5. The predicted octanol–water partition coefficient (Wildman–Crippen LogP) is 4.43. The van der Waals surface area contributed by atoms with Gasteiger partial charge in [0.15, 0.2) is 0 Å². The number of hydrogen-bond donors (Lipinski definition) is 1. The van der Waals surface area contributed by atoms with Gasteiger partial charge in [0.2, 0.25) is 0 Å². The van der Waals surface area contributed by atoms with Gasteiger partial charge >= 0.3 is 5.97 Å². The van der Waals surface area contributed by atoms with Gasteiger partial charge in [0.25, 0.3) is 10.0 Å². The fourth-order valence-corrected chi connectivity index (χ4v) is 6.78. The van der Waals surface area contributed by atoms with E-state index in [1.807, 2.05) is 72.5 Å². The molecule has 36 heavy (non-hydrogen) atoms. The molecular weight excluding hydrogens is 474 g/mol. The number of amidine groups is 1. The predicted molar refractivity (Wildman–Crippen MR) is 138 cm³/mol. The van der Waals surface area contributed by atoms with E-state index in [9.17, 15) is 18.3 Å². The minimum Gasteiger partial charge on any atom is -0.480 e. The van der Waals surface area contributed by atoms with E-state index in [2.05, 4.69) is 0 Å². The molecule has 0 amide bonds. The van der Waals surface area contributed by atoms with Crippen LogP contribution in [0, 0.1) is 6.92 Å². The second-order valence-corrected chi connectivity index (χ2v) is 11.2. The average molecular weight is 504 g/mol. The molecule has 3 aromatic rings. The summed E-state index contributed by atoms with van der Waals surface area (Å²) in [6.07, 6.45) is 1.29. The number of rotatable bonds is 7. The van der Waals surface area contributed by atoms with Crippen molar-refractivity contribution in [2.75, 3.05) is 13.1 Å². The molecule has 7 nitrogen and oxygen atoms in total. The summed E-state index contributed by atoms with van der Waals surface area (Å²) in [4.78, 5) is 18.9. The molecule has 5 rings (SSSR count). The van der Waals surface area contributed by atoms with E-state index in [0.717, 1.165) is 23.1 Å². The van der Waals surface area contributed by atoms with Crippen molar-refractivity contribution in [1.82, 2.24) is 9.21 Å². The van der Waals surface area contributed by atoms with Gasteiger partial charge in [-0.1, -0.05) is 78.4 Å². The normalized spacial score (nSPS) is 22.5. The molecule has 0 aliphatic carbocycles. The smallest absolute Gasteiger partial charge is 0.320 e. The quantitative estimate of drug-likeness (QED) is 0.515. The van der Waals surface area contributed by atoms with Crippen LogP contribution in [0.1, 0.15) is 41.6 Å². The van der Waals surface area contributed by atoms with Gasteiger partial charge < -0.3 is 5.11 Å². The van der Waals surface area contributed by atoms with Crippen LogP contribution in [0.4, 0.5) is 0 Å². The lowest BCUT2D eigenvalue weighted by Gasteiger charge is -2.32. The van der Waals surface area contributed by atoms with Crippen LogP contribution >= 0.6 is 0 Å². The number of carboxylic acids is 1. The van der Waals surface area contributed by atoms with Crippen molar-refractivity contribution in [3.63, 3.8) is 0 Å². The monoisotopic (exact) mass is 503 g/mol. The maximum Gasteiger partial charge on any atom is 0.320 e. The molecule has 3 atom stereocenters. The zero-order chi connectivity index (χ0) is 25.3. The van der Waals surface area contributed by atoms with E-state index >= 15 is 0 Å². The van der Waals surface area contributed by atoms with Crippen LogP contribution in [0.5, 0.6) is 0 Å². The van der Waals surface area contributed by atoms with Crippen LogP contribution in [0.3, 0.4) is 0 Å². The number of carbonyl (C=O) groups is 1. The Labute approximate surface area is 211 Å². The topological polar surface area (TPSA) is 90.3 Å². The van der Waals surface area contributed by atoms with Crippen molar-refractivity contribution in [3.05, 3.63) is 102 Å². The number of sulfonamides is 1. The summed E-state index contributed by atoms with van der Waals surface area (Å²) in [5, 5.41) is 9.73. The first kappa shape index (κ1) is 24.2. The molecule has 0 unspecified atom stereocenters. The van der Waals surface area contributed by atoms with Gasteiger partial charge in [-0.3, -0.25) is 14.7 Å². The fraction of sp³-hybridized carbons (Fsp3) is 0.286. The standard InChI is InChI=1S/C28H29N3O4S/c1-20-14-16-23(17-15-20)36(34,35)31-25(19-30-18-8-13-24(30)28(32)33)29-26(21-9-4-2-5-10-21)27(31)22-11-6-3-7-12-22/h2-7,9-12,14-17,24,26-27H,8,13,18-19H2,1H3,(H,32,33)/t24-,26+,27+/m0/s1. The number of likely N-dealkylation sites (tertiary alicyclic amines) is 1. The number of aliphatic carboxylic acids is 1. The summed E-state index contributed by atoms with van der Waals surface area (Å²) in [5.74, 6) is -0.523. The van der Waals surface area contributed by atoms with Crippen LogP contribution in [0.25, 0.3) is 0 Å². The summed E-state index contributed by atoms with van der Waals surface area (Å²) in [7, 11) is -3.99. The molecule has 0 radical (unpaired) electrons. The highest BCUT2D eigenvalue weighted by Crippen LogP contribution is 2.45. The summed E-state index contributed by atoms with van der Waals surface area (Å²) in [5.41, 5.74) is 2.70. The first-order chi connectivity index (χ1) is 17.4. The number of nitrogens with zero attached hydrogens (tertiary/aromatic N) is 3. The molecule has 8 heteroatoms. The van der Waals surface area contributed by atoms with Gasteiger partial charge in [-0.15, -0.1) is 0 Å². The Bertz CT molecular complexity index is 1360. The average Bonchev–Trinajstić information content (AvgIpc) is 3.51. The molecule has 186 valence electrons. The Morgan fingerprint density at radius 3 is 2.17 bits per heavy atom. The Morgan fingerprint density at radius 1 is 0.944 bits per heavy atom. The molecule has 3 aromatic carbocycles. The fourth-order valence-electron chi connectivity index (χ4n) is 5.15. The van der Waals surface area contributed by atoms with Crippen LogP contribution in [0.2, 0.25) is 0 Å². The van der Waals surface area contributed by atoms with Crippen LogP contribution in [-0.4, -0.2) is 53.7 Å². The SMILES string of the molecule is Cc1ccc(S(=O)(=O)N2C(CN3CCC[C@H]3C(=O)O)=N[C@H](c3ccccc3)[C@H]2c2ccccc2)cc1. The maximum absolute atomic E-state index is 14.2. The van der Waals surface area contributed by atoms with E-state index in [4.69, 9.17) is 4.99 Å². The van der Waals surface area contributed by atoms with Crippen molar-refractivity contribution in [2.45, 2.75) is 42.8 Å². The third-order valence-electron chi connectivity index (χ3n) is 6.95. The number of hydrogen-bond acceptors (Lipinski definition) is 5. The molecule has 0 bridgehead atoms. The molecule has 2 aliphatic rings. The molecular formula is C28H29N3O4S. The highest BCUT2D eigenvalue weighted by molar-refractivity contribution is 7.89. The van der Waals surface area contributed by atoms with E-state index < -0.39 is 34.1 Å². The minimum absolute atomic E-state index is 0.148. The zero-order valence-electron chi connectivity index (χ0n) is 20.1. The lowest BCUT2D eigenvalue weighted by Crippen LogP contribution is -2.45. The van der Waals surface area contributed by atoms with Crippen LogP contribution in [-0.2, 0) is 14.8 Å². The van der Waals surface area contributed by atoms with Crippen LogP contribution in [0.15, 0.2) is 94.8 Å². The molecule has 1 N–H and O–H groups in total. The summed E-state index contributed by atoms with van der Waals surface area (Å²) in [6, 6.07) is 24.3. The molecule has 1 saturated heterocycles. The van der Waals surface area contributed by atoms with Gasteiger partial charge in [-0.05, 0) is 49.6 Å². The largest absolute Gasteiger partial charge is 0.480 e. The first-order valence-electron chi connectivity index (χ1n) is 12.1. The summed E-state index contributed by atoms with van der Waals surface area (Å²) < 4.78 is 29.9. The number of aryl methyl sites for hydroxylation is 1. The highest BCUT2D eigenvalue weighted by Gasteiger charge is 2.46. The van der Waals surface area contributed by atoms with Crippen molar-refractivity contribution in [3.8, 4) is 0 Å². The van der Waals surface area contributed by atoms with Gasteiger partial charge in [0, 0.05) is 0 Å². The van der Waals surface area contributed by atoms with Crippen LogP contribution < -0.4 is 0 Å². The van der Waals surface area contributed by atoms with Gasteiger partial charge in [0.1, 0.15) is 17.9 Å². The number of benzene rings is 3. The van der Waals surface area contributed by atoms with E-state index in [-0.39, 0.29) is 11.4 Å². The molecule has 1 fully saturated rings. The Hall–Kier alpha value is -3.49. The third-order valence-corrected chi connectivity index (χ3v) is 8.77. The zero-order valence-corrected chi connectivity index (χ0v) is 20.9. The molecule has 2 heterocycles. The van der Waals surface area contributed by atoms with Crippen molar-refractivity contribution >= 4 is 21.8 Å². The molecule has 0 spiro atoms. The lowest BCUT2D eigenvalue weighted by atomic mass is 9.95. The Balaban J connectivity index is 1.65. The van der Waals surface area contributed by atoms with Crippen molar-refractivity contribution in [2.24, 2.45) is 4.99 Å². The third kappa shape index (κ3) is 4.54. The van der Waals surface area contributed by atoms with E-state index in [1.54, 1.807) is 24.3 Å². The minimum atomic E-state index is -3.99. The lowest BCUT2D eigenvalue weighted by molar-refractivity contribution is -0.141. The van der Waals surface area contributed by atoms with Crippen molar-refractivity contribution in [1.29, 1.82) is 0 Å². The molecule has 2 aliphatic heterocycles. The maximum atomic E-state index is 14.2. The van der Waals surface area contributed by atoms with Gasteiger partial charge in [-0.25, -0.2) is 12.7 Å². The Morgan fingerprint density at radius 2 is 1.56 bits per heavy atom. The second-order valence-electron chi connectivity index (χ2n) is 9.34. The Kier molecular flexibility index (Phi) is 6.64. The number of aliphatic imine (C=N–C) groups is 1. The highest BCUT2D eigenvalue weighted by atomic mass is 32.2. The molecule has 0 aromatic heterocycles. The molecule has 0 saturated carbocycles. The van der Waals surface area contributed by atoms with Gasteiger partial charge in [0.05, 0.1) is 17.5 Å². The van der Waals surface area contributed by atoms with Crippen molar-refractivity contribution < 1.29 is 18.3 Å². The van der Waals surface area contributed by atoms with E-state index in [1.165, 1.54) is 4.31 Å². The summed E-state index contributed by atoms with van der Waals surface area (Å²) >= 11 is 0. The number of carboxylic acid groups (broad SMARTS) is 1. The van der Waals surface area contributed by atoms with Gasteiger partial charge in [-0.2, -0.15) is 0 Å². The second kappa shape index (κ2) is 9.87. The summed E-state index contributed by atoms with van der Waals surface area (Å²) in [6.45, 7) is 2.64.